The molecule has 7 nitrogen and oxygen atoms in total. The molecule has 1 N–H and O–H groups in total. The first kappa shape index (κ1) is 22.1. The van der Waals surface area contributed by atoms with Crippen molar-refractivity contribution in [2.45, 2.75) is 38.3 Å². The van der Waals surface area contributed by atoms with Crippen LogP contribution in [0.25, 0.3) is 0 Å². The summed E-state index contributed by atoms with van der Waals surface area (Å²) in [5.41, 5.74) is 1.39. The van der Waals surface area contributed by atoms with E-state index in [4.69, 9.17) is 0 Å². The van der Waals surface area contributed by atoms with Gasteiger partial charge in [0.05, 0.1) is 6.54 Å². The minimum atomic E-state index is 0.299. The summed E-state index contributed by atoms with van der Waals surface area (Å²) in [4.78, 5) is 26.2. The van der Waals surface area contributed by atoms with Gasteiger partial charge in [-0.3, -0.25) is 19.6 Å². The second kappa shape index (κ2) is 11.0. The minimum Gasteiger partial charge on any atom is -0.355 e. The molecule has 3 aliphatic heterocycles. The fraction of sp³-hybridized carbons (Fsp3) is 0.667. The molecular formula is C24H38N6O. The number of amides is 1. The number of nitrogens with zero attached hydrogens (tertiary/aromatic N) is 5. The molecule has 0 spiro atoms. The van der Waals surface area contributed by atoms with E-state index in [1.807, 2.05) is 11.9 Å². The van der Waals surface area contributed by atoms with Crippen LogP contribution in [-0.4, -0.2) is 103 Å². The van der Waals surface area contributed by atoms with Crippen LogP contribution in [0.4, 0.5) is 0 Å². The van der Waals surface area contributed by atoms with E-state index in [-0.39, 0.29) is 0 Å². The van der Waals surface area contributed by atoms with E-state index in [0.717, 1.165) is 71.2 Å². The Morgan fingerprint density at radius 2 is 1.71 bits per heavy atom. The highest BCUT2D eigenvalue weighted by Crippen LogP contribution is 2.19. The van der Waals surface area contributed by atoms with Gasteiger partial charge in [-0.05, 0) is 37.8 Å². The highest BCUT2D eigenvalue weighted by atomic mass is 16.2. The van der Waals surface area contributed by atoms with E-state index in [1.54, 1.807) is 0 Å². The van der Waals surface area contributed by atoms with Crippen molar-refractivity contribution in [3.05, 3.63) is 35.9 Å². The summed E-state index contributed by atoms with van der Waals surface area (Å²) < 4.78 is 0. The number of nitrogens with one attached hydrogen (secondary N) is 1. The molecule has 7 heteroatoms. The molecule has 0 bridgehead atoms. The Bertz CT molecular complexity index is 725. The molecule has 0 saturated carbocycles. The van der Waals surface area contributed by atoms with Crippen LogP contribution in [0.1, 0.15) is 31.2 Å². The van der Waals surface area contributed by atoms with Gasteiger partial charge in [0.1, 0.15) is 0 Å². The van der Waals surface area contributed by atoms with Crippen molar-refractivity contribution in [2.24, 2.45) is 4.99 Å². The van der Waals surface area contributed by atoms with Crippen molar-refractivity contribution < 1.29 is 4.79 Å². The molecule has 1 aromatic rings. The van der Waals surface area contributed by atoms with Crippen LogP contribution in [0, 0.1) is 0 Å². The van der Waals surface area contributed by atoms with E-state index in [9.17, 15) is 4.79 Å². The summed E-state index contributed by atoms with van der Waals surface area (Å²) >= 11 is 0. The molecule has 4 rings (SSSR count). The highest BCUT2D eigenvalue weighted by molar-refractivity contribution is 5.80. The number of aliphatic imine (C=N–C) groups is 1. The summed E-state index contributed by atoms with van der Waals surface area (Å²) in [7, 11) is 1.88. The van der Waals surface area contributed by atoms with E-state index in [1.165, 1.54) is 24.9 Å². The number of likely N-dealkylation sites (tertiary alicyclic amines) is 2. The van der Waals surface area contributed by atoms with Crippen molar-refractivity contribution >= 4 is 11.9 Å². The van der Waals surface area contributed by atoms with Crippen LogP contribution in [-0.2, 0) is 11.3 Å². The molecule has 0 radical (unpaired) electrons. The Hall–Kier alpha value is -2.12. The smallest absolute Gasteiger partial charge is 0.236 e. The van der Waals surface area contributed by atoms with Gasteiger partial charge in [0.25, 0.3) is 0 Å². The molecule has 0 aromatic heterocycles. The second-order valence-corrected chi connectivity index (χ2v) is 9.03. The molecule has 3 aliphatic rings. The zero-order chi connectivity index (χ0) is 21.5. The Labute approximate surface area is 187 Å². The summed E-state index contributed by atoms with van der Waals surface area (Å²) in [6.07, 6.45) is 4.82. The third-order valence-electron chi connectivity index (χ3n) is 6.92. The maximum atomic E-state index is 12.4. The van der Waals surface area contributed by atoms with Crippen LogP contribution in [0.15, 0.2) is 35.3 Å². The fourth-order valence-electron chi connectivity index (χ4n) is 5.07. The van der Waals surface area contributed by atoms with Crippen molar-refractivity contribution in [2.75, 3.05) is 66.0 Å². The van der Waals surface area contributed by atoms with Gasteiger partial charge in [-0.15, -0.1) is 0 Å². The van der Waals surface area contributed by atoms with Gasteiger partial charge in [-0.2, -0.15) is 0 Å². The van der Waals surface area contributed by atoms with Gasteiger partial charge in [0, 0.05) is 65.4 Å². The molecule has 0 aliphatic carbocycles. The number of benzene rings is 1. The van der Waals surface area contributed by atoms with Gasteiger partial charge in [-0.25, -0.2) is 0 Å². The molecule has 3 fully saturated rings. The van der Waals surface area contributed by atoms with Crippen molar-refractivity contribution in [1.82, 2.24) is 24.9 Å². The molecule has 1 atom stereocenters. The largest absolute Gasteiger partial charge is 0.355 e. The third kappa shape index (κ3) is 5.98. The maximum Gasteiger partial charge on any atom is 0.236 e. The first-order valence-corrected chi connectivity index (χ1v) is 12.0. The van der Waals surface area contributed by atoms with E-state index >= 15 is 0 Å². The monoisotopic (exact) mass is 426 g/mol. The van der Waals surface area contributed by atoms with Gasteiger partial charge < -0.3 is 15.1 Å². The standard InChI is InChI=1S/C24H38N6O/c1-25-24(26-18-22-10-7-13-30(22)19-21-8-3-2-4-9-21)29-16-14-27(15-17-29)20-23(31)28-11-5-6-12-28/h2-4,8-9,22H,5-7,10-20H2,1H3,(H,25,26). The zero-order valence-corrected chi connectivity index (χ0v) is 19.0. The van der Waals surface area contributed by atoms with Crippen LogP contribution in [0.3, 0.4) is 0 Å². The minimum absolute atomic E-state index is 0.299. The number of piperazine rings is 1. The number of carbonyl (C=O) groups excluding carboxylic acids is 1. The van der Waals surface area contributed by atoms with Crippen LogP contribution < -0.4 is 5.32 Å². The Balaban J connectivity index is 1.21. The number of hydrogen-bond acceptors (Lipinski definition) is 4. The molecule has 3 saturated heterocycles. The first-order chi connectivity index (χ1) is 15.2. The van der Waals surface area contributed by atoms with E-state index < -0.39 is 0 Å². The lowest BCUT2D eigenvalue weighted by Crippen LogP contribution is -2.55. The average Bonchev–Trinajstić information content (AvgIpc) is 3.49. The topological polar surface area (TPSA) is 54.4 Å². The number of hydrogen-bond donors (Lipinski definition) is 1. The summed E-state index contributed by atoms with van der Waals surface area (Å²) in [5, 5.41) is 3.64. The van der Waals surface area contributed by atoms with Gasteiger partial charge >= 0.3 is 0 Å². The number of guanidine groups is 1. The number of carbonyl (C=O) groups is 1. The molecule has 3 heterocycles. The van der Waals surface area contributed by atoms with Gasteiger partial charge in [-0.1, -0.05) is 30.3 Å². The number of rotatable bonds is 6. The lowest BCUT2D eigenvalue weighted by atomic mass is 10.2. The summed E-state index contributed by atoms with van der Waals surface area (Å²) in [6, 6.07) is 11.3. The van der Waals surface area contributed by atoms with Crippen molar-refractivity contribution in [1.29, 1.82) is 0 Å². The molecule has 31 heavy (non-hydrogen) atoms. The summed E-state index contributed by atoms with van der Waals surface area (Å²) in [5.74, 6) is 1.30. The van der Waals surface area contributed by atoms with E-state index in [2.05, 4.69) is 55.3 Å². The van der Waals surface area contributed by atoms with E-state index in [0.29, 0.717) is 18.5 Å². The second-order valence-electron chi connectivity index (χ2n) is 9.03. The molecular weight excluding hydrogens is 388 g/mol. The normalized spacial score (nSPS) is 23.5. The van der Waals surface area contributed by atoms with Crippen LogP contribution in [0.2, 0.25) is 0 Å². The van der Waals surface area contributed by atoms with Crippen molar-refractivity contribution in [3.63, 3.8) is 0 Å². The average molecular weight is 427 g/mol. The maximum absolute atomic E-state index is 12.4. The quantitative estimate of drug-likeness (QED) is 0.552. The van der Waals surface area contributed by atoms with Gasteiger partial charge in [0.15, 0.2) is 5.96 Å². The van der Waals surface area contributed by atoms with Crippen molar-refractivity contribution in [3.8, 4) is 0 Å². The molecule has 1 unspecified atom stereocenters. The van der Waals surface area contributed by atoms with Gasteiger partial charge in [0.2, 0.25) is 5.91 Å². The SMILES string of the molecule is CN=C(NCC1CCCN1Cc1ccccc1)N1CCN(CC(=O)N2CCCC2)CC1. The summed E-state index contributed by atoms with van der Waals surface area (Å²) in [6.45, 7) is 9.27. The molecule has 1 amide bonds. The third-order valence-corrected chi connectivity index (χ3v) is 6.92. The molecule has 170 valence electrons. The highest BCUT2D eigenvalue weighted by Gasteiger charge is 2.27. The predicted octanol–water partition coefficient (Wildman–Crippen LogP) is 1.47. The Morgan fingerprint density at radius 1 is 0.968 bits per heavy atom. The Morgan fingerprint density at radius 3 is 2.42 bits per heavy atom. The van der Waals surface area contributed by atoms with Crippen LogP contribution >= 0.6 is 0 Å². The zero-order valence-electron chi connectivity index (χ0n) is 19.0. The molecule has 1 aromatic carbocycles. The van der Waals surface area contributed by atoms with Crippen LogP contribution in [0.5, 0.6) is 0 Å². The fourth-order valence-corrected chi connectivity index (χ4v) is 5.07. The predicted molar refractivity (Wildman–Crippen MR) is 125 cm³/mol. The first-order valence-electron chi connectivity index (χ1n) is 12.0. The lowest BCUT2D eigenvalue weighted by Gasteiger charge is -2.37. The lowest BCUT2D eigenvalue weighted by molar-refractivity contribution is -0.131. The Kier molecular flexibility index (Phi) is 7.81.